The third kappa shape index (κ3) is 4.52. The van der Waals surface area contributed by atoms with E-state index in [0.29, 0.717) is 6.61 Å². The predicted octanol–water partition coefficient (Wildman–Crippen LogP) is 2.08. The van der Waals surface area contributed by atoms with E-state index in [-0.39, 0.29) is 6.10 Å². The van der Waals surface area contributed by atoms with Gasteiger partial charge in [0, 0.05) is 6.42 Å². The second-order valence-electron chi connectivity index (χ2n) is 4.59. The molecule has 0 saturated carbocycles. The van der Waals surface area contributed by atoms with Gasteiger partial charge >= 0.3 is 0 Å². The van der Waals surface area contributed by atoms with Gasteiger partial charge in [-0.2, -0.15) is 0 Å². The van der Waals surface area contributed by atoms with Gasteiger partial charge in [0.05, 0.1) is 6.61 Å². The van der Waals surface area contributed by atoms with E-state index in [1.165, 1.54) is 12.8 Å². The van der Waals surface area contributed by atoms with Crippen molar-refractivity contribution < 1.29 is 14.6 Å². The largest absolute Gasteiger partial charge is 0.378 e. The van der Waals surface area contributed by atoms with Gasteiger partial charge in [-0.15, -0.1) is 5.92 Å². The van der Waals surface area contributed by atoms with Crippen LogP contribution in [-0.4, -0.2) is 29.7 Å². The zero-order valence-electron chi connectivity index (χ0n) is 10.5. The maximum atomic E-state index is 9.76. The molecule has 0 bridgehead atoms. The van der Waals surface area contributed by atoms with E-state index in [4.69, 9.17) is 9.47 Å². The lowest BCUT2D eigenvalue weighted by atomic mass is 10.2. The van der Waals surface area contributed by atoms with Gasteiger partial charge in [-0.05, 0) is 20.3 Å². The number of hydrogen-bond acceptors (Lipinski definition) is 3. The predicted molar refractivity (Wildman–Crippen MR) is 62.8 cm³/mol. The number of hydrogen-bond donors (Lipinski definition) is 1. The van der Waals surface area contributed by atoms with Crippen LogP contribution in [-0.2, 0) is 9.47 Å². The molecule has 1 N–H and O–H groups in total. The summed E-state index contributed by atoms with van der Waals surface area (Å²) < 4.78 is 10.9. The first-order valence-electron chi connectivity index (χ1n) is 6.03. The quantitative estimate of drug-likeness (QED) is 0.589. The average molecular weight is 226 g/mol. The molecule has 1 aliphatic heterocycles. The van der Waals surface area contributed by atoms with Crippen LogP contribution in [0.3, 0.4) is 0 Å². The summed E-state index contributed by atoms with van der Waals surface area (Å²) in [7, 11) is 0. The van der Waals surface area contributed by atoms with Crippen molar-refractivity contribution >= 4 is 0 Å². The summed E-state index contributed by atoms with van der Waals surface area (Å²) in [5.41, 5.74) is 0. The Hall–Kier alpha value is -0.560. The third-order valence-electron chi connectivity index (χ3n) is 2.54. The summed E-state index contributed by atoms with van der Waals surface area (Å²) in [6, 6.07) is 0. The van der Waals surface area contributed by atoms with Gasteiger partial charge in [0.25, 0.3) is 0 Å². The minimum Gasteiger partial charge on any atom is -0.378 e. The SMILES string of the molecule is CCCCCC#CC(O)C1COC(C)(C)O1. The maximum Gasteiger partial charge on any atom is 0.163 e. The normalized spacial score (nSPS) is 24.9. The first kappa shape index (κ1) is 13.5. The van der Waals surface area contributed by atoms with E-state index in [0.717, 1.165) is 12.8 Å². The van der Waals surface area contributed by atoms with E-state index < -0.39 is 11.9 Å². The molecule has 1 saturated heterocycles. The smallest absolute Gasteiger partial charge is 0.163 e. The van der Waals surface area contributed by atoms with Gasteiger partial charge in [0.1, 0.15) is 12.2 Å². The molecule has 0 radical (unpaired) electrons. The van der Waals surface area contributed by atoms with Crippen molar-refractivity contribution in [3.63, 3.8) is 0 Å². The van der Waals surface area contributed by atoms with Crippen LogP contribution in [0, 0.1) is 11.8 Å². The van der Waals surface area contributed by atoms with Crippen molar-refractivity contribution in [3.05, 3.63) is 0 Å². The van der Waals surface area contributed by atoms with Crippen LogP contribution in [0.25, 0.3) is 0 Å². The van der Waals surface area contributed by atoms with E-state index in [2.05, 4.69) is 18.8 Å². The van der Waals surface area contributed by atoms with Crippen LogP contribution in [0.5, 0.6) is 0 Å². The molecule has 0 spiro atoms. The van der Waals surface area contributed by atoms with Crippen molar-refractivity contribution in [2.75, 3.05) is 6.61 Å². The highest BCUT2D eigenvalue weighted by Crippen LogP contribution is 2.23. The molecule has 1 aliphatic rings. The minimum absolute atomic E-state index is 0.311. The Morgan fingerprint density at radius 2 is 2.19 bits per heavy atom. The number of rotatable bonds is 4. The molecule has 1 fully saturated rings. The van der Waals surface area contributed by atoms with Crippen molar-refractivity contribution in [1.82, 2.24) is 0 Å². The first-order chi connectivity index (χ1) is 7.55. The van der Waals surface area contributed by atoms with Crippen molar-refractivity contribution in [2.24, 2.45) is 0 Å². The van der Waals surface area contributed by atoms with Gasteiger partial charge in [0.15, 0.2) is 5.79 Å². The van der Waals surface area contributed by atoms with Gasteiger partial charge in [0.2, 0.25) is 0 Å². The van der Waals surface area contributed by atoms with Crippen LogP contribution < -0.4 is 0 Å². The lowest BCUT2D eigenvalue weighted by Gasteiger charge is -2.17. The molecule has 2 atom stereocenters. The summed E-state index contributed by atoms with van der Waals surface area (Å²) >= 11 is 0. The molecule has 16 heavy (non-hydrogen) atoms. The van der Waals surface area contributed by atoms with E-state index in [1.807, 2.05) is 13.8 Å². The lowest BCUT2D eigenvalue weighted by molar-refractivity contribution is -0.146. The molecule has 3 nitrogen and oxygen atoms in total. The lowest BCUT2D eigenvalue weighted by Crippen LogP contribution is -2.29. The van der Waals surface area contributed by atoms with Gasteiger partial charge in [-0.3, -0.25) is 0 Å². The highest BCUT2D eigenvalue weighted by molar-refractivity contribution is 5.07. The van der Waals surface area contributed by atoms with Crippen LogP contribution in [0.4, 0.5) is 0 Å². The van der Waals surface area contributed by atoms with E-state index in [9.17, 15) is 5.11 Å². The molecule has 3 heteroatoms. The summed E-state index contributed by atoms with van der Waals surface area (Å²) in [4.78, 5) is 0. The van der Waals surface area contributed by atoms with Gasteiger partial charge < -0.3 is 14.6 Å². The summed E-state index contributed by atoms with van der Waals surface area (Å²) in [5.74, 6) is 5.22. The van der Waals surface area contributed by atoms with Crippen LogP contribution in [0.1, 0.15) is 46.5 Å². The summed E-state index contributed by atoms with van der Waals surface area (Å²) in [6.45, 7) is 6.26. The Bertz CT molecular complexity index is 262. The minimum atomic E-state index is -0.733. The fourth-order valence-corrected chi connectivity index (χ4v) is 1.60. The molecular formula is C13H22O3. The molecule has 0 aromatic rings. The maximum absolute atomic E-state index is 9.76. The molecule has 92 valence electrons. The van der Waals surface area contributed by atoms with Crippen molar-refractivity contribution in [2.45, 2.75) is 64.4 Å². The molecule has 1 heterocycles. The Labute approximate surface area is 98.1 Å². The number of aliphatic hydroxyl groups excluding tert-OH is 1. The van der Waals surface area contributed by atoms with Crippen molar-refractivity contribution in [3.8, 4) is 11.8 Å². The van der Waals surface area contributed by atoms with E-state index in [1.54, 1.807) is 0 Å². The highest BCUT2D eigenvalue weighted by Gasteiger charge is 2.36. The Morgan fingerprint density at radius 1 is 1.44 bits per heavy atom. The molecule has 0 aromatic carbocycles. The molecule has 0 aliphatic carbocycles. The second kappa shape index (κ2) is 6.24. The van der Waals surface area contributed by atoms with Crippen LogP contribution >= 0.6 is 0 Å². The first-order valence-corrected chi connectivity index (χ1v) is 6.03. The summed E-state index contributed by atoms with van der Waals surface area (Å²) in [6.07, 6.45) is 3.29. The fraction of sp³-hybridized carbons (Fsp3) is 0.846. The molecule has 0 aromatic heterocycles. The molecule has 1 rings (SSSR count). The summed E-state index contributed by atoms with van der Waals surface area (Å²) in [5, 5.41) is 9.76. The van der Waals surface area contributed by atoms with Gasteiger partial charge in [-0.25, -0.2) is 0 Å². The standard InChI is InChI=1S/C13H22O3/c1-4-5-6-7-8-9-11(14)12-10-15-13(2,3)16-12/h11-12,14H,4-7,10H2,1-3H3. The van der Waals surface area contributed by atoms with E-state index >= 15 is 0 Å². The second-order valence-corrected chi connectivity index (χ2v) is 4.59. The zero-order chi connectivity index (χ0) is 12.0. The number of unbranched alkanes of at least 4 members (excludes halogenated alkanes) is 3. The van der Waals surface area contributed by atoms with Crippen molar-refractivity contribution in [1.29, 1.82) is 0 Å². The average Bonchev–Trinajstić information content (AvgIpc) is 2.58. The topological polar surface area (TPSA) is 38.7 Å². The molecular weight excluding hydrogens is 204 g/mol. The molecule has 0 amide bonds. The Kier molecular flexibility index (Phi) is 5.27. The Morgan fingerprint density at radius 3 is 2.75 bits per heavy atom. The third-order valence-corrected chi connectivity index (χ3v) is 2.54. The fourth-order valence-electron chi connectivity index (χ4n) is 1.60. The Balaban J connectivity index is 2.27. The number of ether oxygens (including phenoxy) is 2. The monoisotopic (exact) mass is 226 g/mol. The zero-order valence-corrected chi connectivity index (χ0v) is 10.5. The number of aliphatic hydroxyl groups is 1. The highest BCUT2D eigenvalue weighted by atomic mass is 16.7. The van der Waals surface area contributed by atoms with Crippen LogP contribution in [0.15, 0.2) is 0 Å². The molecule has 2 unspecified atom stereocenters. The van der Waals surface area contributed by atoms with Gasteiger partial charge in [-0.1, -0.05) is 25.7 Å². The van der Waals surface area contributed by atoms with Crippen LogP contribution in [0.2, 0.25) is 0 Å².